The summed E-state index contributed by atoms with van der Waals surface area (Å²) >= 11 is 1.52. The third-order valence-corrected chi connectivity index (χ3v) is 6.07. The van der Waals surface area contributed by atoms with E-state index >= 15 is 0 Å². The smallest absolute Gasteiger partial charge is 0.325 e. The Balaban J connectivity index is 1.47. The molecule has 1 aromatic heterocycles. The van der Waals surface area contributed by atoms with Gasteiger partial charge < -0.3 is 10.6 Å². The molecule has 3 aromatic rings. The number of imide groups is 1. The first-order valence-electron chi connectivity index (χ1n) is 9.89. The second-order valence-corrected chi connectivity index (χ2v) is 8.69. The number of hydrogen-bond donors (Lipinski definition) is 2. The van der Waals surface area contributed by atoms with Crippen molar-refractivity contribution in [2.75, 3.05) is 11.9 Å². The zero-order chi connectivity index (χ0) is 23.8. The molecule has 168 valence electrons. The van der Waals surface area contributed by atoms with Gasteiger partial charge in [-0.2, -0.15) is 0 Å². The summed E-state index contributed by atoms with van der Waals surface area (Å²) in [6, 6.07) is 11.7. The number of carbonyl (C=O) groups is 3. The van der Waals surface area contributed by atoms with Crippen molar-refractivity contribution in [2.24, 2.45) is 0 Å². The quantitative estimate of drug-likeness (QED) is 0.325. The van der Waals surface area contributed by atoms with E-state index in [-0.39, 0.29) is 5.69 Å². The van der Waals surface area contributed by atoms with E-state index < -0.39 is 34.9 Å². The predicted octanol–water partition coefficient (Wildman–Crippen LogP) is 3.43. The molecule has 1 fully saturated rings. The zero-order valence-corrected chi connectivity index (χ0v) is 18.5. The Labute approximate surface area is 192 Å². The first kappa shape index (κ1) is 22.1. The number of carbonyl (C=O) groups excluding carboxylic acids is 3. The molecule has 4 rings (SSSR count). The topological polar surface area (TPSA) is 135 Å². The number of benzene rings is 2. The number of nitro groups is 1. The minimum atomic E-state index is -1.44. The number of hydrogen-bond acceptors (Lipinski definition) is 7. The van der Waals surface area contributed by atoms with E-state index in [0.717, 1.165) is 21.2 Å². The molecule has 2 N–H and O–H groups in total. The molecule has 0 saturated carbocycles. The van der Waals surface area contributed by atoms with Crippen LogP contribution >= 0.6 is 11.3 Å². The summed E-state index contributed by atoms with van der Waals surface area (Å²) in [4.78, 5) is 53.7. The number of nitro benzene ring substituents is 1. The highest BCUT2D eigenvalue weighted by atomic mass is 32.1. The van der Waals surface area contributed by atoms with Crippen molar-refractivity contribution in [1.29, 1.82) is 0 Å². The van der Waals surface area contributed by atoms with E-state index in [4.69, 9.17) is 0 Å². The number of aryl methyl sites for hydroxylation is 1. The van der Waals surface area contributed by atoms with Crippen molar-refractivity contribution in [3.63, 3.8) is 0 Å². The van der Waals surface area contributed by atoms with Crippen LogP contribution in [0.2, 0.25) is 0 Å². The number of nitrogens with one attached hydrogen (secondary N) is 2. The molecule has 11 heteroatoms. The first-order chi connectivity index (χ1) is 15.7. The molecule has 10 nitrogen and oxygen atoms in total. The molecule has 1 atom stereocenters. The van der Waals surface area contributed by atoms with Crippen LogP contribution in [0.3, 0.4) is 0 Å². The molecule has 1 aliphatic rings. The average Bonchev–Trinajstić information content (AvgIpc) is 3.31. The van der Waals surface area contributed by atoms with Crippen molar-refractivity contribution in [1.82, 2.24) is 15.2 Å². The number of urea groups is 1. The standard InChI is InChI=1S/C22H19N5O5S/c1-13-23-18(12-33-13)14-4-3-5-16(10-14)24-19(28)11-26-20(29)22(2,25-21(26)30)15-6-8-17(9-7-15)27(31)32/h3-10,12H,11H2,1-2H3,(H,24,28)(H,25,30). The average molecular weight is 465 g/mol. The summed E-state index contributed by atoms with van der Waals surface area (Å²) in [5.41, 5.74) is 0.938. The zero-order valence-electron chi connectivity index (χ0n) is 17.7. The highest BCUT2D eigenvalue weighted by Crippen LogP contribution is 2.30. The molecule has 1 unspecified atom stereocenters. The van der Waals surface area contributed by atoms with E-state index in [1.54, 1.807) is 18.2 Å². The number of non-ortho nitro benzene ring substituents is 1. The van der Waals surface area contributed by atoms with E-state index in [0.29, 0.717) is 11.3 Å². The number of aromatic nitrogens is 1. The van der Waals surface area contributed by atoms with Gasteiger partial charge in [-0.3, -0.25) is 24.6 Å². The fourth-order valence-corrected chi connectivity index (χ4v) is 4.17. The van der Waals surface area contributed by atoms with Crippen LogP contribution in [0.1, 0.15) is 17.5 Å². The maximum Gasteiger partial charge on any atom is 0.325 e. The number of nitrogens with zero attached hydrogens (tertiary/aromatic N) is 3. The van der Waals surface area contributed by atoms with Crippen LogP contribution in [0, 0.1) is 17.0 Å². The lowest BCUT2D eigenvalue weighted by Crippen LogP contribution is -2.42. The van der Waals surface area contributed by atoms with E-state index in [1.165, 1.54) is 42.5 Å². The molecular weight excluding hydrogens is 446 g/mol. The van der Waals surface area contributed by atoms with Gasteiger partial charge in [-0.25, -0.2) is 9.78 Å². The maximum atomic E-state index is 13.0. The number of anilines is 1. The van der Waals surface area contributed by atoms with Crippen LogP contribution in [-0.4, -0.2) is 39.2 Å². The fraction of sp³-hybridized carbons (Fsp3) is 0.182. The molecule has 2 heterocycles. The number of amides is 4. The van der Waals surface area contributed by atoms with Crippen molar-refractivity contribution < 1.29 is 19.3 Å². The van der Waals surface area contributed by atoms with Gasteiger partial charge in [0.2, 0.25) is 5.91 Å². The largest absolute Gasteiger partial charge is 0.325 e. The highest BCUT2D eigenvalue weighted by Gasteiger charge is 2.49. The van der Waals surface area contributed by atoms with Gasteiger partial charge in [-0.15, -0.1) is 11.3 Å². The summed E-state index contributed by atoms with van der Waals surface area (Å²) < 4.78 is 0. The van der Waals surface area contributed by atoms with Gasteiger partial charge in [0.15, 0.2) is 0 Å². The van der Waals surface area contributed by atoms with Gasteiger partial charge in [0.05, 0.1) is 15.6 Å². The summed E-state index contributed by atoms with van der Waals surface area (Å²) in [5, 5.41) is 19.0. The second kappa shape index (κ2) is 8.43. The Hall–Kier alpha value is -4.12. The molecule has 4 amide bonds. The Morgan fingerprint density at radius 3 is 2.61 bits per heavy atom. The van der Waals surface area contributed by atoms with Gasteiger partial charge in [0, 0.05) is 28.8 Å². The van der Waals surface area contributed by atoms with Crippen LogP contribution in [0.25, 0.3) is 11.3 Å². The van der Waals surface area contributed by atoms with E-state index in [2.05, 4.69) is 15.6 Å². The molecule has 0 spiro atoms. The molecule has 1 aliphatic heterocycles. The van der Waals surface area contributed by atoms with Gasteiger partial charge in [-0.1, -0.05) is 12.1 Å². The van der Waals surface area contributed by atoms with E-state index in [1.807, 2.05) is 18.4 Å². The maximum absolute atomic E-state index is 13.0. The molecule has 0 radical (unpaired) electrons. The van der Waals surface area contributed by atoms with Crippen LogP contribution in [0.5, 0.6) is 0 Å². The summed E-state index contributed by atoms with van der Waals surface area (Å²) in [6.07, 6.45) is 0. The minimum Gasteiger partial charge on any atom is -0.325 e. The summed E-state index contributed by atoms with van der Waals surface area (Å²) in [7, 11) is 0. The van der Waals surface area contributed by atoms with Crippen LogP contribution in [0.15, 0.2) is 53.9 Å². The first-order valence-corrected chi connectivity index (χ1v) is 10.8. The molecule has 0 bridgehead atoms. The fourth-order valence-electron chi connectivity index (χ4n) is 3.55. The van der Waals surface area contributed by atoms with Gasteiger partial charge in [0.25, 0.3) is 11.6 Å². The van der Waals surface area contributed by atoms with E-state index in [9.17, 15) is 24.5 Å². The van der Waals surface area contributed by atoms with Gasteiger partial charge >= 0.3 is 6.03 Å². The molecule has 2 aromatic carbocycles. The lowest BCUT2D eigenvalue weighted by Gasteiger charge is -2.22. The second-order valence-electron chi connectivity index (χ2n) is 7.63. The normalized spacial score (nSPS) is 17.7. The van der Waals surface area contributed by atoms with Gasteiger partial charge in [0.1, 0.15) is 12.1 Å². The SMILES string of the molecule is Cc1nc(-c2cccc(NC(=O)CN3C(=O)NC(C)(c4ccc([N+](=O)[O-])cc4)C3=O)c2)cs1. The predicted molar refractivity (Wildman–Crippen MR) is 122 cm³/mol. The van der Waals surface area contributed by atoms with Crippen LogP contribution in [0.4, 0.5) is 16.2 Å². The monoisotopic (exact) mass is 465 g/mol. The summed E-state index contributed by atoms with van der Waals surface area (Å²) in [5.74, 6) is -1.17. The third-order valence-electron chi connectivity index (χ3n) is 5.29. The Morgan fingerprint density at radius 1 is 1.24 bits per heavy atom. The molecule has 1 saturated heterocycles. The Kier molecular flexibility index (Phi) is 5.64. The lowest BCUT2D eigenvalue weighted by molar-refractivity contribution is -0.384. The van der Waals surface area contributed by atoms with Gasteiger partial charge in [-0.05, 0) is 43.7 Å². The highest BCUT2D eigenvalue weighted by molar-refractivity contribution is 7.09. The Morgan fingerprint density at radius 2 is 1.97 bits per heavy atom. The minimum absolute atomic E-state index is 0.134. The number of thiazole rings is 1. The molecule has 0 aliphatic carbocycles. The Bertz CT molecular complexity index is 1270. The van der Waals surface area contributed by atoms with Crippen LogP contribution in [-0.2, 0) is 15.1 Å². The lowest BCUT2D eigenvalue weighted by atomic mass is 9.92. The van der Waals surface area contributed by atoms with Crippen LogP contribution < -0.4 is 10.6 Å². The van der Waals surface area contributed by atoms with Crippen molar-refractivity contribution in [2.45, 2.75) is 19.4 Å². The molecular formula is C22H19N5O5S. The number of rotatable bonds is 6. The molecule has 33 heavy (non-hydrogen) atoms. The van der Waals surface area contributed by atoms with Crippen molar-refractivity contribution in [3.8, 4) is 11.3 Å². The third kappa shape index (κ3) is 4.30. The summed E-state index contributed by atoms with van der Waals surface area (Å²) in [6.45, 7) is 2.92. The van der Waals surface area contributed by atoms with Crippen molar-refractivity contribution in [3.05, 3.63) is 74.6 Å². The van der Waals surface area contributed by atoms with Crippen molar-refractivity contribution >= 4 is 40.6 Å².